The van der Waals surface area contributed by atoms with Crippen molar-refractivity contribution in [3.05, 3.63) is 25.3 Å². The standard InChI is InChI=1S/C10H15NO4.ClH/c1-3-5-11(6-4-2)8(10(14)15)7-9(12)13;/h3-4,8H,1-2,5-7H2,(H,12,13)(H,14,15);1H/t8-;/m0./s1. The van der Waals surface area contributed by atoms with E-state index in [4.69, 9.17) is 10.2 Å². The van der Waals surface area contributed by atoms with Gasteiger partial charge in [0.15, 0.2) is 0 Å². The minimum Gasteiger partial charge on any atom is -0.481 e. The summed E-state index contributed by atoms with van der Waals surface area (Å²) in [4.78, 5) is 22.8. The monoisotopic (exact) mass is 249 g/mol. The first-order valence-electron chi connectivity index (χ1n) is 4.43. The molecule has 0 spiro atoms. The number of halogens is 1. The lowest BCUT2D eigenvalue weighted by Gasteiger charge is -2.25. The van der Waals surface area contributed by atoms with Gasteiger partial charge in [-0.05, 0) is 0 Å². The number of rotatable bonds is 8. The molecule has 92 valence electrons. The van der Waals surface area contributed by atoms with E-state index in [9.17, 15) is 9.59 Å². The molecule has 2 N–H and O–H groups in total. The van der Waals surface area contributed by atoms with Gasteiger partial charge < -0.3 is 10.2 Å². The van der Waals surface area contributed by atoms with Gasteiger partial charge in [-0.1, -0.05) is 12.2 Å². The lowest BCUT2D eigenvalue weighted by Crippen LogP contribution is -2.42. The molecule has 0 radical (unpaired) electrons. The molecule has 0 fully saturated rings. The van der Waals surface area contributed by atoms with E-state index in [1.165, 1.54) is 17.1 Å². The summed E-state index contributed by atoms with van der Waals surface area (Å²) < 4.78 is 0. The third-order valence-corrected chi connectivity index (χ3v) is 1.82. The van der Waals surface area contributed by atoms with Gasteiger partial charge in [-0.25, -0.2) is 0 Å². The van der Waals surface area contributed by atoms with Crippen molar-refractivity contribution >= 4 is 24.3 Å². The van der Waals surface area contributed by atoms with Crippen LogP contribution in [0.2, 0.25) is 0 Å². The predicted molar refractivity (Wildman–Crippen MR) is 62.9 cm³/mol. The molecule has 0 aliphatic carbocycles. The molecule has 0 heterocycles. The topological polar surface area (TPSA) is 77.8 Å². The van der Waals surface area contributed by atoms with Crippen LogP contribution in [0.1, 0.15) is 6.42 Å². The zero-order chi connectivity index (χ0) is 11.8. The molecule has 0 amide bonds. The first-order chi connectivity index (χ1) is 7.02. The third-order valence-electron chi connectivity index (χ3n) is 1.82. The Balaban J connectivity index is 0. The van der Waals surface area contributed by atoms with Gasteiger partial charge in [-0.3, -0.25) is 14.5 Å². The van der Waals surface area contributed by atoms with Gasteiger partial charge in [0, 0.05) is 13.1 Å². The number of carbonyl (C=O) groups is 2. The Kier molecular flexibility index (Phi) is 9.54. The Hall–Kier alpha value is -1.33. The van der Waals surface area contributed by atoms with E-state index in [-0.39, 0.29) is 12.4 Å². The Bertz CT molecular complexity index is 258. The Morgan fingerprint density at radius 2 is 1.62 bits per heavy atom. The van der Waals surface area contributed by atoms with Crippen LogP contribution in [0.4, 0.5) is 0 Å². The predicted octanol–water partition coefficient (Wildman–Crippen LogP) is 1.01. The van der Waals surface area contributed by atoms with Crippen molar-refractivity contribution in [2.75, 3.05) is 13.1 Å². The molecule has 0 aromatic heterocycles. The molecule has 0 unspecified atom stereocenters. The minimum atomic E-state index is -1.15. The van der Waals surface area contributed by atoms with Crippen LogP contribution in [-0.4, -0.2) is 46.2 Å². The van der Waals surface area contributed by atoms with Crippen LogP contribution in [0.3, 0.4) is 0 Å². The number of nitrogens with zero attached hydrogens (tertiary/aromatic N) is 1. The maximum Gasteiger partial charge on any atom is 0.321 e. The summed E-state index contributed by atoms with van der Waals surface area (Å²) in [7, 11) is 0. The fourth-order valence-electron chi connectivity index (χ4n) is 1.20. The van der Waals surface area contributed by atoms with Gasteiger partial charge in [-0.15, -0.1) is 25.6 Å². The van der Waals surface area contributed by atoms with Crippen LogP contribution in [0.15, 0.2) is 25.3 Å². The van der Waals surface area contributed by atoms with Crippen molar-refractivity contribution in [1.29, 1.82) is 0 Å². The summed E-state index contributed by atoms with van der Waals surface area (Å²) >= 11 is 0. The van der Waals surface area contributed by atoms with Crippen molar-refractivity contribution in [3.63, 3.8) is 0 Å². The number of hydrogen-bond acceptors (Lipinski definition) is 3. The Morgan fingerprint density at radius 3 is 1.88 bits per heavy atom. The molecule has 16 heavy (non-hydrogen) atoms. The summed E-state index contributed by atoms with van der Waals surface area (Å²) in [5, 5.41) is 17.4. The summed E-state index contributed by atoms with van der Waals surface area (Å²) in [6, 6.07) is -1.04. The first kappa shape index (κ1) is 17.1. The van der Waals surface area contributed by atoms with Crippen molar-refractivity contribution in [2.45, 2.75) is 12.5 Å². The summed E-state index contributed by atoms with van der Waals surface area (Å²) in [5.74, 6) is -2.29. The van der Waals surface area contributed by atoms with Gasteiger partial charge in [0.05, 0.1) is 6.42 Å². The average molecular weight is 250 g/mol. The van der Waals surface area contributed by atoms with Crippen LogP contribution >= 0.6 is 12.4 Å². The smallest absolute Gasteiger partial charge is 0.321 e. The molecule has 0 aliphatic rings. The number of hydrogen-bond donors (Lipinski definition) is 2. The second-order valence-corrected chi connectivity index (χ2v) is 2.98. The zero-order valence-electron chi connectivity index (χ0n) is 8.83. The lowest BCUT2D eigenvalue weighted by molar-refractivity contribution is -0.149. The van der Waals surface area contributed by atoms with E-state index in [1.807, 2.05) is 0 Å². The van der Waals surface area contributed by atoms with Crippen LogP contribution in [0, 0.1) is 0 Å². The van der Waals surface area contributed by atoms with Crippen LogP contribution < -0.4 is 0 Å². The Labute approximate surface area is 100 Å². The second kappa shape index (κ2) is 8.94. The van der Waals surface area contributed by atoms with Gasteiger partial charge in [0.1, 0.15) is 6.04 Å². The van der Waals surface area contributed by atoms with E-state index in [0.717, 1.165) is 0 Å². The summed E-state index contributed by atoms with van der Waals surface area (Å²) in [6.45, 7) is 7.61. The maximum absolute atomic E-state index is 10.9. The molecular formula is C10H16ClNO4. The van der Waals surface area contributed by atoms with E-state index in [0.29, 0.717) is 13.1 Å². The van der Waals surface area contributed by atoms with Gasteiger partial charge in [-0.2, -0.15) is 0 Å². The van der Waals surface area contributed by atoms with E-state index < -0.39 is 24.4 Å². The number of aliphatic carboxylic acids is 2. The Morgan fingerprint density at radius 1 is 1.19 bits per heavy atom. The molecule has 0 aliphatic heterocycles. The molecular weight excluding hydrogens is 234 g/mol. The highest BCUT2D eigenvalue weighted by molar-refractivity contribution is 5.85. The fraction of sp³-hybridized carbons (Fsp3) is 0.400. The van der Waals surface area contributed by atoms with Crippen molar-refractivity contribution in [2.24, 2.45) is 0 Å². The minimum absolute atomic E-state index is 0. The molecule has 0 bridgehead atoms. The van der Waals surface area contributed by atoms with Crippen LogP contribution in [-0.2, 0) is 9.59 Å². The highest BCUT2D eigenvalue weighted by Crippen LogP contribution is 2.05. The van der Waals surface area contributed by atoms with Crippen LogP contribution in [0.25, 0.3) is 0 Å². The van der Waals surface area contributed by atoms with Gasteiger partial charge in [0.25, 0.3) is 0 Å². The zero-order valence-corrected chi connectivity index (χ0v) is 9.65. The molecule has 0 saturated heterocycles. The fourth-order valence-corrected chi connectivity index (χ4v) is 1.20. The summed E-state index contributed by atoms with van der Waals surface area (Å²) in [5.41, 5.74) is 0. The maximum atomic E-state index is 10.9. The average Bonchev–Trinajstić information content (AvgIpc) is 2.13. The largest absolute Gasteiger partial charge is 0.481 e. The van der Waals surface area contributed by atoms with E-state index in [1.54, 1.807) is 0 Å². The molecule has 5 nitrogen and oxygen atoms in total. The molecule has 6 heteroatoms. The molecule has 1 atom stereocenters. The first-order valence-corrected chi connectivity index (χ1v) is 4.43. The highest BCUT2D eigenvalue weighted by atomic mass is 35.5. The number of carboxylic acid groups (broad SMARTS) is 2. The SMILES string of the molecule is C=CCN(CC=C)[C@@H](CC(=O)O)C(=O)O.Cl. The van der Waals surface area contributed by atoms with Gasteiger partial charge >= 0.3 is 11.9 Å². The van der Waals surface area contributed by atoms with Crippen molar-refractivity contribution in [1.82, 2.24) is 4.90 Å². The normalized spacial score (nSPS) is 11.3. The van der Waals surface area contributed by atoms with Crippen molar-refractivity contribution < 1.29 is 19.8 Å². The van der Waals surface area contributed by atoms with Crippen LogP contribution in [0.5, 0.6) is 0 Å². The van der Waals surface area contributed by atoms with Gasteiger partial charge in [0.2, 0.25) is 0 Å². The molecule has 0 saturated carbocycles. The second-order valence-electron chi connectivity index (χ2n) is 2.98. The molecule has 0 rings (SSSR count). The number of carboxylic acids is 2. The molecule has 0 aromatic carbocycles. The highest BCUT2D eigenvalue weighted by Gasteiger charge is 2.26. The van der Waals surface area contributed by atoms with E-state index >= 15 is 0 Å². The van der Waals surface area contributed by atoms with Crippen molar-refractivity contribution in [3.8, 4) is 0 Å². The van der Waals surface area contributed by atoms with E-state index in [2.05, 4.69) is 13.2 Å². The molecule has 0 aromatic rings. The lowest BCUT2D eigenvalue weighted by atomic mass is 10.1. The summed E-state index contributed by atoms with van der Waals surface area (Å²) in [6.07, 6.45) is 2.62. The quantitative estimate of drug-likeness (QED) is 0.628. The third kappa shape index (κ3) is 6.21.